The molecule has 9 heteroatoms. The highest BCUT2D eigenvalue weighted by Gasteiger charge is 2.34. The fourth-order valence-electron chi connectivity index (χ4n) is 1.07. The minimum Gasteiger partial charge on any atom is -0.420 e. The number of alkyl halides is 2. The van der Waals surface area contributed by atoms with E-state index in [9.17, 15) is 18.1 Å². The molecule has 0 saturated heterocycles. The van der Waals surface area contributed by atoms with Crippen LogP contribution in [0.4, 0.5) is 8.78 Å². The Morgan fingerprint density at radius 2 is 2.21 bits per heavy atom. The van der Waals surface area contributed by atoms with Crippen molar-refractivity contribution in [2.45, 2.75) is 18.8 Å². The first-order valence-electron chi connectivity index (χ1n) is 4.94. The fourth-order valence-corrected chi connectivity index (χ4v) is 2.78. The van der Waals surface area contributed by atoms with Crippen molar-refractivity contribution in [3.05, 3.63) is 28.2 Å². The fraction of sp³-hybridized carbons (Fsp3) is 0.300. The van der Waals surface area contributed by atoms with E-state index in [1.807, 2.05) is 0 Å². The van der Waals surface area contributed by atoms with E-state index < -0.39 is 13.8 Å². The highest BCUT2D eigenvalue weighted by atomic mass is 79.9. The summed E-state index contributed by atoms with van der Waals surface area (Å²) in [6.45, 7) is 1.43. The van der Waals surface area contributed by atoms with Gasteiger partial charge in [0.05, 0.1) is 4.47 Å². The molecular weight excluding hydrogens is 365 g/mol. The Kier molecular flexibility index (Phi) is 5.98. The van der Waals surface area contributed by atoms with Gasteiger partial charge in [0.1, 0.15) is 5.75 Å². The zero-order chi connectivity index (χ0) is 14.6. The van der Waals surface area contributed by atoms with Crippen molar-refractivity contribution in [3.63, 3.8) is 0 Å². The van der Waals surface area contributed by atoms with E-state index in [0.717, 1.165) is 17.3 Å². The molecule has 0 aliphatic heterocycles. The smallest absolute Gasteiger partial charge is 0.420 e. The topological polar surface area (TPSA) is 63.6 Å². The molecule has 1 aromatic carbocycles. The molecule has 0 aliphatic carbocycles. The quantitative estimate of drug-likeness (QED) is 0.788. The van der Waals surface area contributed by atoms with Crippen LogP contribution in [0, 0.1) is 0 Å². The van der Waals surface area contributed by atoms with Crippen molar-refractivity contribution in [2.24, 2.45) is 0 Å². The van der Waals surface area contributed by atoms with Crippen molar-refractivity contribution < 1.29 is 27.6 Å². The van der Waals surface area contributed by atoms with Crippen molar-refractivity contribution in [3.8, 4) is 5.75 Å². The Labute approximate surface area is 121 Å². The Balaban J connectivity index is 2.83. The molecule has 0 aromatic heterocycles. The summed E-state index contributed by atoms with van der Waals surface area (Å²) in [5, 5.41) is -0.0472. The van der Waals surface area contributed by atoms with Gasteiger partial charge in [-0.3, -0.25) is 4.79 Å². The number of halogens is 3. The van der Waals surface area contributed by atoms with Crippen LogP contribution in [0.25, 0.3) is 0 Å². The van der Waals surface area contributed by atoms with Gasteiger partial charge in [-0.2, -0.15) is 8.78 Å². The molecule has 1 aromatic rings. The van der Waals surface area contributed by atoms with Gasteiger partial charge in [-0.1, -0.05) is 17.8 Å². The lowest BCUT2D eigenvalue weighted by Gasteiger charge is -2.14. The Hall–Kier alpha value is -0.430. The van der Waals surface area contributed by atoms with Gasteiger partial charge < -0.3 is 9.42 Å². The maximum Gasteiger partial charge on any atom is 0.442 e. The van der Waals surface area contributed by atoms with Gasteiger partial charge in [0.15, 0.2) is 5.12 Å². The molecule has 4 nitrogen and oxygen atoms in total. The van der Waals surface area contributed by atoms with Crippen molar-refractivity contribution in [2.75, 3.05) is 0 Å². The maximum atomic E-state index is 12.2. The van der Waals surface area contributed by atoms with E-state index in [-0.39, 0.29) is 15.3 Å². The van der Waals surface area contributed by atoms with Gasteiger partial charge >= 0.3 is 13.8 Å². The standard InChI is InChI=1S/C10H10BrF2O4PS/c1-6(14)19-5-7-2-3-9(8(11)4-7)17-18(15,16)10(12)13/h2-4,10H,5H2,1H3,(H,15,16). The van der Waals surface area contributed by atoms with Gasteiger partial charge in [0, 0.05) is 12.7 Å². The summed E-state index contributed by atoms with van der Waals surface area (Å²) in [7, 11) is -4.98. The monoisotopic (exact) mass is 374 g/mol. The third-order valence-corrected chi connectivity index (χ3v) is 4.37. The van der Waals surface area contributed by atoms with Crippen LogP contribution in [-0.2, 0) is 15.1 Å². The second kappa shape index (κ2) is 6.83. The van der Waals surface area contributed by atoms with Gasteiger partial charge in [-0.05, 0) is 33.6 Å². The molecule has 0 radical (unpaired) electrons. The number of carbonyl (C=O) groups is 1. The van der Waals surface area contributed by atoms with Crippen molar-refractivity contribution in [1.82, 2.24) is 0 Å². The maximum absolute atomic E-state index is 12.2. The molecule has 0 aliphatic rings. The second-order valence-corrected chi connectivity index (χ2v) is 7.19. The Morgan fingerprint density at radius 1 is 1.58 bits per heavy atom. The molecule has 1 unspecified atom stereocenters. The van der Waals surface area contributed by atoms with Crippen LogP contribution in [0.3, 0.4) is 0 Å². The van der Waals surface area contributed by atoms with E-state index in [2.05, 4.69) is 20.5 Å². The molecular formula is C10H10BrF2O4PS. The van der Waals surface area contributed by atoms with Crippen molar-refractivity contribution in [1.29, 1.82) is 0 Å². The molecule has 0 heterocycles. The van der Waals surface area contributed by atoms with E-state index in [0.29, 0.717) is 5.75 Å². The summed E-state index contributed by atoms with van der Waals surface area (Å²) < 4.78 is 40.2. The molecule has 19 heavy (non-hydrogen) atoms. The molecule has 0 fully saturated rings. The average Bonchev–Trinajstić information content (AvgIpc) is 2.29. The van der Waals surface area contributed by atoms with E-state index in [1.165, 1.54) is 25.1 Å². The number of benzene rings is 1. The first-order chi connectivity index (χ1) is 8.72. The van der Waals surface area contributed by atoms with Gasteiger partial charge in [-0.25, -0.2) is 4.57 Å². The van der Waals surface area contributed by atoms with Crippen molar-refractivity contribution >= 4 is 40.4 Å². The molecule has 106 valence electrons. The Morgan fingerprint density at radius 3 is 2.68 bits per heavy atom. The van der Waals surface area contributed by atoms with Gasteiger partial charge in [0.2, 0.25) is 0 Å². The molecule has 0 bridgehead atoms. The lowest BCUT2D eigenvalue weighted by molar-refractivity contribution is -0.109. The largest absolute Gasteiger partial charge is 0.442 e. The summed E-state index contributed by atoms with van der Waals surface area (Å²) in [5.74, 6) is 0.266. The van der Waals surface area contributed by atoms with Gasteiger partial charge in [0.25, 0.3) is 0 Å². The van der Waals surface area contributed by atoms with E-state index in [1.54, 1.807) is 0 Å². The third-order valence-electron chi connectivity index (χ3n) is 1.91. The van der Waals surface area contributed by atoms with Crippen LogP contribution >= 0.6 is 35.3 Å². The minimum absolute atomic E-state index is 0.0472. The highest BCUT2D eigenvalue weighted by Crippen LogP contribution is 2.50. The molecule has 0 saturated carbocycles. The number of rotatable bonds is 5. The zero-order valence-corrected chi connectivity index (χ0v) is 13.0. The molecule has 0 amide bonds. The van der Waals surface area contributed by atoms with E-state index >= 15 is 0 Å². The van der Waals surface area contributed by atoms with Crippen LogP contribution in [-0.4, -0.2) is 16.2 Å². The number of hydrogen-bond donors (Lipinski definition) is 1. The lowest BCUT2D eigenvalue weighted by atomic mass is 10.2. The Bertz CT molecular complexity index is 526. The minimum atomic E-state index is -4.98. The van der Waals surface area contributed by atoms with Crippen LogP contribution < -0.4 is 4.52 Å². The van der Waals surface area contributed by atoms with Crippen LogP contribution in [0.1, 0.15) is 12.5 Å². The molecule has 1 N–H and O–H groups in total. The van der Waals surface area contributed by atoms with E-state index in [4.69, 9.17) is 4.89 Å². The summed E-state index contributed by atoms with van der Waals surface area (Å²) in [5.41, 5.74) is 0.754. The second-order valence-electron chi connectivity index (χ2n) is 3.48. The molecule has 1 rings (SSSR count). The number of carbonyl (C=O) groups excluding carboxylic acids is 1. The normalized spacial score (nSPS) is 14.2. The highest BCUT2D eigenvalue weighted by molar-refractivity contribution is 9.10. The third kappa shape index (κ3) is 5.22. The number of hydrogen-bond acceptors (Lipinski definition) is 4. The predicted molar refractivity (Wildman–Crippen MR) is 72.6 cm³/mol. The van der Waals surface area contributed by atoms with Crippen LogP contribution in [0.5, 0.6) is 5.75 Å². The average molecular weight is 375 g/mol. The number of thioether (sulfide) groups is 1. The molecule has 1 atom stereocenters. The van der Waals surface area contributed by atoms with Crippen LogP contribution in [0.2, 0.25) is 0 Å². The first kappa shape index (κ1) is 16.6. The summed E-state index contributed by atoms with van der Waals surface area (Å²) in [6, 6.07) is 4.36. The summed E-state index contributed by atoms with van der Waals surface area (Å²) >= 11 is 4.15. The summed E-state index contributed by atoms with van der Waals surface area (Å²) in [6.07, 6.45) is -3.47. The lowest BCUT2D eigenvalue weighted by Crippen LogP contribution is -2.01. The first-order valence-corrected chi connectivity index (χ1v) is 8.37. The summed E-state index contributed by atoms with van der Waals surface area (Å²) in [4.78, 5) is 19.7. The predicted octanol–water partition coefficient (Wildman–Crippen LogP) is 4.02. The molecule has 0 spiro atoms. The van der Waals surface area contributed by atoms with Gasteiger partial charge in [-0.15, -0.1) is 0 Å². The van der Waals surface area contributed by atoms with Crippen LogP contribution in [0.15, 0.2) is 22.7 Å². The zero-order valence-electron chi connectivity index (χ0n) is 9.68. The SMILES string of the molecule is CC(=O)SCc1ccc(OP(=O)(O)C(F)F)c(Br)c1.